The summed E-state index contributed by atoms with van der Waals surface area (Å²) < 4.78 is 11.0. The van der Waals surface area contributed by atoms with Crippen molar-refractivity contribution in [2.24, 2.45) is 5.10 Å². The van der Waals surface area contributed by atoms with Gasteiger partial charge in [0.1, 0.15) is 0 Å². The van der Waals surface area contributed by atoms with E-state index in [9.17, 15) is 9.59 Å². The SMILES string of the molecule is CCOc1cc(C=NNC(=O)c2cccnc2)ccc1OC(=O)c1ccc(Cl)cc1. The Morgan fingerprint density at radius 3 is 2.60 bits per heavy atom. The smallest absolute Gasteiger partial charge is 0.343 e. The number of halogens is 1. The predicted molar refractivity (Wildman–Crippen MR) is 113 cm³/mol. The van der Waals surface area contributed by atoms with E-state index >= 15 is 0 Å². The summed E-state index contributed by atoms with van der Waals surface area (Å²) >= 11 is 5.84. The fraction of sp³-hybridized carbons (Fsp3) is 0.0909. The summed E-state index contributed by atoms with van der Waals surface area (Å²) in [5.74, 6) is -0.258. The quantitative estimate of drug-likeness (QED) is 0.267. The third-order valence-electron chi connectivity index (χ3n) is 3.85. The lowest BCUT2D eigenvalue weighted by atomic mass is 10.2. The van der Waals surface area contributed by atoms with E-state index in [1.165, 1.54) is 12.4 Å². The van der Waals surface area contributed by atoms with Gasteiger partial charge in [-0.05, 0) is 67.1 Å². The van der Waals surface area contributed by atoms with Crippen LogP contribution >= 0.6 is 11.6 Å². The van der Waals surface area contributed by atoms with Crippen molar-refractivity contribution in [2.45, 2.75) is 6.92 Å². The highest BCUT2D eigenvalue weighted by Gasteiger charge is 2.13. The normalized spacial score (nSPS) is 10.6. The number of rotatable bonds is 7. The summed E-state index contributed by atoms with van der Waals surface area (Å²) in [6, 6.07) is 14.6. The summed E-state index contributed by atoms with van der Waals surface area (Å²) in [7, 11) is 0. The van der Waals surface area contributed by atoms with E-state index in [0.717, 1.165) is 0 Å². The average Bonchev–Trinajstić information content (AvgIpc) is 2.76. The monoisotopic (exact) mass is 423 g/mol. The van der Waals surface area contributed by atoms with Gasteiger partial charge in [-0.25, -0.2) is 10.2 Å². The minimum atomic E-state index is -0.530. The molecule has 0 atom stereocenters. The van der Waals surface area contributed by atoms with Crippen LogP contribution in [0.5, 0.6) is 11.5 Å². The number of hydrazone groups is 1. The molecule has 0 aliphatic rings. The first-order valence-electron chi connectivity index (χ1n) is 9.05. The van der Waals surface area contributed by atoms with Crippen molar-refractivity contribution in [3.05, 3.63) is 88.7 Å². The van der Waals surface area contributed by atoms with Crippen LogP contribution < -0.4 is 14.9 Å². The zero-order valence-electron chi connectivity index (χ0n) is 16.0. The molecular weight excluding hydrogens is 406 g/mol. The van der Waals surface area contributed by atoms with Gasteiger partial charge in [0.15, 0.2) is 11.5 Å². The number of esters is 1. The molecule has 152 valence electrons. The highest BCUT2D eigenvalue weighted by molar-refractivity contribution is 6.30. The van der Waals surface area contributed by atoms with Crippen LogP contribution in [0.15, 0.2) is 72.1 Å². The van der Waals surface area contributed by atoms with Crippen LogP contribution in [0.25, 0.3) is 0 Å². The number of hydrogen-bond donors (Lipinski definition) is 1. The third-order valence-corrected chi connectivity index (χ3v) is 4.11. The van der Waals surface area contributed by atoms with E-state index in [4.69, 9.17) is 21.1 Å². The topological polar surface area (TPSA) is 89.9 Å². The molecule has 0 aliphatic heterocycles. The highest BCUT2D eigenvalue weighted by Crippen LogP contribution is 2.29. The van der Waals surface area contributed by atoms with E-state index in [1.807, 2.05) is 6.92 Å². The lowest BCUT2D eigenvalue weighted by Gasteiger charge is -2.11. The molecule has 3 rings (SSSR count). The number of benzene rings is 2. The minimum absolute atomic E-state index is 0.272. The van der Waals surface area contributed by atoms with Crippen LogP contribution in [0.4, 0.5) is 0 Å². The molecule has 1 N–H and O–H groups in total. The molecule has 0 radical (unpaired) electrons. The Balaban J connectivity index is 1.70. The van der Waals surface area contributed by atoms with Crippen molar-refractivity contribution in [3.63, 3.8) is 0 Å². The highest BCUT2D eigenvalue weighted by atomic mass is 35.5. The summed E-state index contributed by atoms with van der Waals surface area (Å²) in [6.45, 7) is 2.20. The number of aromatic nitrogens is 1. The first kappa shape index (κ1) is 21.0. The maximum atomic E-state index is 12.3. The van der Waals surface area contributed by atoms with Crippen LogP contribution in [0.2, 0.25) is 5.02 Å². The largest absolute Gasteiger partial charge is 0.490 e. The van der Waals surface area contributed by atoms with Crippen molar-refractivity contribution in [1.82, 2.24) is 10.4 Å². The van der Waals surface area contributed by atoms with Gasteiger partial charge in [-0.1, -0.05) is 11.6 Å². The molecule has 3 aromatic rings. The predicted octanol–water partition coefficient (Wildman–Crippen LogP) is 4.12. The Kier molecular flexibility index (Phi) is 7.13. The van der Waals surface area contributed by atoms with Gasteiger partial charge in [0.2, 0.25) is 0 Å². The van der Waals surface area contributed by atoms with Gasteiger partial charge in [0.25, 0.3) is 5.91 Å². The van der Waals surface area contributed by atoms with E-state index in [0.29, 0.717) is 34.1 Å². The number of nitrogens with one attached hydrogen (secondary N) is 1. The summed E-state index contributed by atoms with van der Waals surface area (Å²) in [6.07, 6.45) is 4.49. The second-order valence-electron chi connectivity index (χ2n) is 5.98. The Morgan fingerprint density at radius 1 is 1.10 bits per heavy atom. The molecule has 1 heterocycles. The van der Waals surface area contributed by atoms with Crippen LogP contribution in [0.1, 0.15) is 33.2 Å². The molecule has 0 fully saturated rings. The maximum Gasteiger partial charge on any atom is 0.343 e. The van der Waals surface area contributed by atoms with Gasteiger partial charge >= 0.3 is 5.97 Å². The van der Waals surface area contributed by atoms with E-state index < -0.39 is 5.97 Å². The fourth-order valence-corrected chi connectivity index (χ4v) is 2.56. The average molecular weight is 424 g/mol. The van der Waals surface area contributed by atoms with Gasteiger partial charge in [-0.3, -0.25) is 9.78 Å². The van der Waals surface area contributed by atoms with Crippen molar-refractivity contribution < 1.29 is 19.1 Å². The van der Waals surface area contributed by atoms with Gasteiger partial charge in [-0.2, -0.15) is 5.10 Å². The number of pyridine rings is 1. The number of carbonyl (C=O) groups is 2. The zero-order chi connectivity index (χ0) is 21.3. The Hall–Kier alpha value is -3.71. The van der Waals surface area contributed by atoms with Gasteiger partial charge < -0.3 is 9.47 Å². The number of amides is 1. The zero-order valence-corrected chi connectivity index (χ0v) is 16.8. The lowest BCUT2D eigenvalue weighted by molar-refractivity contribution is 0.0728. The molecular formula is C22H18ClN3O4. The lowest BCUT2D eigenvalue weighted by Crippen LogP contribution is -2.17. The molecule has 30 heavy (non-hydrogen) atoms. The molecule has 7 nitrogen and oxygen atoms in total. The molecule has 0 bridgehead atoms. The molecule has 8 heteroatoms. The molecule has 0 unspecified atom stereocenters. The second-order valence-corrected chi connectivity index (χ2v) is 6.41. The molecule has 1 aromatic heterocycles. The third kappa shape index (κ3) is 5.65. The van der Waals surface area contributed by atoms with Crippen LogP contribution in [0.3, 0.4) is 0 Å². The number of nitrogens with zero attached hydrogens (tertiary/aromatic N) is 2. The van der Waals surface area contributed by atoms with Crippen molar-refractivity contribution in [2.75, 3.05) is 6.61 Å². The van der Waals surface area contributed by atoms with Crippen molar-refractivity contribution in [1.29, 1.82) is 0 Å². The van der Waals surface area contributed by atoms with E-state index in [1.54, 1.807) is 60.8 Å². The first-order valence-corrected chi connectivity index (χ1v) is 9.42. The Labute approximate surface area is 178 Å². The standard InChI is InChI=1S/C22H18ClN3O4/c1-2-29-20-12-15(13-25-26-21(27)17-4-3-11-24-14-17)5-10-19(20)30-22(28)16-6-8-18(23)9-7-16/h3-14H,2H2,1H3,(H,26,27). The molecule has 1 amide bonds. The molecule has 0 spiro atoms. The number of ether oxygens (including phenoxy) is 2. The molecule has 2 aromatic carbocycles. The fourth-order valence-electron chi connectivity index (χ4n) is 2.43. The minimum Gasteiger partial charge on any atom is -0.490 e. The second kappa shape index (κ2) is 10.2. The van der Waals surface area contributed by atoms with Crippen LogP contribution in [-0.2, 0) is 0 Å². The Morgan fingerprint density at radius 2 is 1.90 bits per heavy atom. The van der Waals surface area contributed by atoms with E-state index in [-0.39, 0.29) is 11.7 Å². The van der Waals surface area contributed by atoms with Crippen LogP contribution in [-0.4, -0.2) is 29.7 Å². The van der Waals surface area contributed by atoms with Crippen LogP contribution in [0, 0.1) is 0 Å². The summed E-state index contributed by atoms with van der Waals surface area (Å²) in [5, 5.41) is 4.47. The van der Waals surface area contributed by atoms with Crippen molar-refractivity contribution >= 4 is 29.7 Å². The Bertz CT molecular complexity index is 1050. The molecule has 0 saturated carbocycles. The van der Waals surface area contributed by atoms with Gasteiger partial charge in [-0.15, -0.1) is 0 Å². The van der Waals surface area contributed by atoms with E-state index in [2.05, 4.69) is 15.5 Å². The van der Waals surface area contributed by atoms with Gasteiger partial charge in [0.05, 0.1) is 23.9 Å². The number of carbonyl (C=O) groups excluding carboxylic acids is 2. The molecule has 0 aliphatic carbocycles. The summed E-state index contributed by atoms with van der Waals surface area (Å²) in [4.78, 5) is 28.2. The van der Waals surface area contributed by atoms with Gasteiger partial charge in [0, 0.05) is 17.4 Å². The first-order chi connectivity index (χ1) is 14.6. The number of hydrogen-bond acceptors (Lipinski definition) is 6. The van der Waals surface area contributed by atoms with Crippen molar-refractivity contribution in [3.8, 4) is 11.5 Å². The molecule has 0 saturated heterocycles. The summed E-state index contributed by atoms with van der Waals surface area (Å²) in [5.41, 5.74) is 3.84. The maximum absolute atomic E-state index is 12.3.